The first-order chi connectivity index (χ1) is 13.3. The van der Waals surface area contributed by atoms with Crippen molar-refractivity contribution in [2.75, 3.05) is 4.72 Å². The summed E-state index contributed by atoms with van der Waals surface area (Å²) in [4.78, 5) is 13.0. The molecule has 0 aliphatic rings. The van der Waals surface area contributed by atoms with E-state index in [9.17, 15) is 13.2 Å². The number of nitrogens with zero attached hydrogens (tertiary/aromatic N) is 4. The molecule has 4 aromatic rings. The molecule has 0 saturated carbocycles. The zero-order chi connectivity index (χ0) is 20.1. The third-order valence-electron chi connectivity index (χ3n) is 4.66. The van der Waals surface area contributed by atoms with E-state index < -0.39 is 15.6 Å². The van der Waals surface area contributed by atoms with Crippen LogP contribution in [0.5, 0.6) is 0 Å². The Morgan fingerprint density at radius 1 is 1.00 bits per heavy atom. The second kappa shape index (κ2) is 6.73. The van der Waals surface area contributed by atoms with Crippen molar-refractivity contribution < 1.29 is 8.42 Å². The van der Waals surface area contributed by atoms with Crippen LogP contribution in [-0.4, -0.2) is 40.7 Å². The van der Waals surface area contributed by atoms with Gasteiger partial charge < -0.3 is 0 Å². The molecule has 0 atom stereocenters. The SMILES string of the molecule is Cc1ccc(S(=O)(=O)Nc2c(C)n(C)n(-c3ccccc3)c2=O)c2n[se]nc12. The molecule has 0 aliphatic carbocycles. The van der Waals surface area contributed by atoms with Crippen molar-refractivity contribution >= 4 is 41.7 Å². The number of rotatable bonds is 4. The Balaban J connectivity index is 1.84. The molecule has 2 aromatic carbocycles. The van der Waals surface area contributed by atoms with Gasteiger partial charge in [-0.15, -0.1) is 0 Å². The normalized spacial score (nSPS) is 11.8. The van der Waals surface area contributed by atoms with E-state index in [-0.39, 0.29) is 25.5 Å². The fraction of sp³-hybridized carbons (Fsp3) is 0.167. The van der Waals surface area contributed by atoms with E-state index >= 15 is 0 Å². The van der Waals surface area contributed by atoms with Crippen molar-refractivity contribution in [3.8, 4) is 5.69 Å². The third-order valence-corrected chi connectivity index (χ3v) is 7.15. The Hall–Kier alpha value is -2.68. The number of anilines is 1. The molecule has 2 aromatic heterocycles. The summed E-state index contributed by atoms with van der Waals surface area (Å²) < 4.78 is 40.2. The van der Waals surface area contributed by atoms with E-state index in [0.29, 0.717) is 22.4 Å². The number of aryl methyl sites for hydroxylation is 1. The van der Waals surface area contributed by atoms with E-state index in [1.54, 1.807) is 36.9 Å². The summed E-state index contributed by atoms with van der Waals surface area (Å²) in [6, 6.07) is 12.3. The van der Waals surface area contributed by atoms with Gasteiger partial charge in [0.15, 0.2) is 0 Å². The van der Waals surface area contributed by atoms with Gasteiger partial charge >= 0.3 is 168 Å². The third kappa shape index (κ3) is 2.90. The van der Waals surface area contributed by atoms with Crippen LogP contribution in [0, 0.1) is 13.8 Å². The van der Waals surface area contributed by atoms with Crippen LogP contribution in [0.1, 0.15) is 11.3 Å². The second-order valence-electron chi connectivity index (χ2n) is 6.38. The average Bonchev–Trinajstić information content (AvgIpc) is 3.23. The van der Waals surface area contributed by atoms with Crippen LogP contribution in [0.4, 0.5) is 5.69 Å². The fourth-order valence-corrected chi connectivity index (χ4v) is 5.75. The molecule has 4 rings (SSSR count). The molecule has 10 heteroatoms. The number of nitrogens with one attached hydrogen (secondary N) is 1. The summed E-state index contributed by atoms with van der Waals surface area (Å²) in [6.45, 7) is 3.56. The maximum absolute atomic E-state index is 13.1. The molecule has 0 fully saturated rings. The molecule has 28 heavy (non-hydrogen) atoms. The zero-order valence-corrected chi connectivity index (χ0v) is 17.9. The Kier molecular flexibility index (Phi) is 4.49. The molecule has 0 radical (unpaired) electrons. The predicted octanol–water partition coefficient (Wildman–Crippen LogP) is 1.59. The zero-order valence-electron chi connectivity index (χ0n) is 15.4. The Morgan fingerprint density at radius 3 is 2.39 bits per heavy atom. The summed E-state index contributed by atoms with van der Waals surface area (Å²) >= 11 is -0.360. The molecule has 8 nitrogen and oxygen atoms in total. The minimum atomic E-state index is -4.01. The molecule has 144 valence electrons. The molecule has 0 saturated heterocycles. The first kappa shape index (κ1) is 18.7. The summed E-state index contributed by atoms with van der Waals surface area (Å²) in [5, 5.41) is 0. The van der Waals surface area contributed by atoms with Crippen molar-refractivity contribution in [3.05, 3.63) is 64.1 Å². The summed E-state index contributed by atoms with van der Waals surface area (Å²) in [5.74, 6) is 0. The Labute approximate surface area is 167 Å². The van der Waals surface area contributed by atoms with Gasteiger partial charge in [0, 0.05) is 0 Å². The van der Waals surface area contributed by atoms with Gasteiger partial charge in [0.1, 0.15) is 0 Å². The molecule has 0 bridgehead atoms. The number of sulfonamides is 1. The Bertz CT molecular complexity index is 1350. The van der Waals surface area contributed by atoms with Gasteiger partial charge in [-0.1, -0.05) is 0 Å². The monoisotopic (exact) mass is 463 g/mol. The van der Waals surface area contributed by atoms with Crippen molar-refractivity contribution in [2.45, 2.75) is 18.7 Å². The molecule has 1 N–H and O–H groups in total. The van der Waals surface area contributed by atoms with Gasteiger partial charge in [-0.05, 0) is 0 Å². The first-order valence-electron chi connectivity index (χ1n) is 8.40. The van der Waals surface area contributed by atoms with Crippen molar-refractivity contribution in [1.29, 1.82) is 0 Å². The molecule has 0 amide bonds. The molecular formula is C18H17N5O3SSe. The molecule has 0 aliphatic heterocycles. The average molecular weight is 462 g/mol. The van der Waals surface area contributed by atoms with Gasteiger partial charge in [-0.25, -0.2) is 0 Å². The number of hydrogen-bond acceptors (Lipinski definition) is 5. The summed E-state index contributed by atoms with van der Waals surface area (Å²) in [5.41, 5.74) is 2.58. The van der Waals surface area contributed by atoms with Crippen LogP contribution in [0.15, 0.2) is 52.2 Å². The summed E-state index contributed by atoms with van der Waals surface area (Å²) in [6.07, 6.45) is 0. The molecule has 0 spiro atoms. The summed E-state index contributed by atoms with van der Waals surface area (Å²) in [7, 11) is -2.30. The Morgan fingerprint density at radius 2 is 1.68 bits per heavy atom. The van der Waals surface area contributed by atoms with Gasteiger partial charge in [0.2, 0.25) is 0 Å². The first-order valence-corrected chi connectivity index (χ1v) is 11.4. The minimum absolute atomic E-state index is 0.0149. The topological polar surface area (TPSA) is 98.9 Å². The van der Waals surface area contributed by atoms with Crippen molar-refractivity contribution in [1.82, 2.24) is 17.3 Å². The van der Waals surface area contributed by atoms with Crippen LogP contribution in [0.3, 0.4) is 0 Å². The van der Waals surface area contributed by atoms with E-state index in [1.165, 1.54) is 10.7 Å². The predicted molar refractivity (Wildman–Crippen MR) is 108 cm³/mol. The van der Waals surface area contributed by atoms with E-state index in [2.05, 4.69) is 12.7 Å². The van der Waals surface area contributed by atoms with Crippen LogP contribution < -0.4 is 10.3 Å². The fourth-order valence-electron chi connectivity index (χ4n) is 3.06. The van der Waals surface area contributed by atoms with E-state index in [1.807, 2.05) is 25.1 Å². The van der Waals surface area contributed by atoms with Crippen molar-refractivity contribution in [2.24, 2.45) is 7.05 Å². The number of para-hydroxylation sites is 1. The second-order valence-corrected chi connectivity index (χ2v) is 9.14. The number of aromatic nitrogens is 4. The molecule has 0 unspecified atom stereocenters. The van der Waals surface area contributed by atoms with Crippen LogP contribution >= 0.6 is 0 Å². The van der Waals surface area contributed by atoms with Gasteiger partial charge in [0.05, 0.1) is 0 Å². The van der Waals surface area contributed by atoms with Crippen LogP contribution in [0.2, 0.25) is 0 Å². The van der Waals surface area contributed by atoms with Gasteiger partial charge in [-0.3, -0.25) is 0 Å². The van der Waals surface area contributed by atoms with Crippen LogP contribution in [0.25, 0.3) is 16.7 Å². The van der Waals surface area contributed by atoms with Crippen molar-refractivity contribution in [3.63, 3.8) is 0 Å². The number of fused-ring (bicyclic) bond motifs is 1. The van der Waals surface area contributed by atoms with Crippen LogP contribution in [-0.2, 0) is 17.1 Å². The number of benzene rings is 2. The molecular weight excluding hydrogens is 445 g/mol. The van der Waals surface area contributed by atoms with E-state index in [0.717, 1.165) is 5.56 Å². The van der Waals surface area contributed by atoms with E-state index in [4.69, 9.17) is 0 Å². The maximum atomic E-state index is 13.1. The molecule has 2 heterocycles. The quantitative estimate of drug-likeness (QED) is 0.465. The number of hydrogen-bond donors (Lipinski definition) is 1. The standard InChI is InChI=1S/C18H17N5O3SSe/c1-11-9-10-14(17-15(11)20-28-21-17)27(25,26)19-16-12(2)22(3)23(18(16)24)13-7-5-4-6-8-13/h4-10,19H,1-3H3. The van der Waals surface area contributed by atoms with Gasteiger partial charge in [-0.2, -0.15) is 0 Å². The van der Waals surface area contributed by atoms with Gasteiger partial charge in [0.25, 0.3) is 0 Å².